The van der Waals surface area contributed by atoms with Gasteiger partial charge in [-0.2, -0.15) is 0 Å². The minimum atomic E-state index is 0.707. The molecular formula is C11H19N3O. The molecule has 0 amide bonds. The number of nitrogens with two attached hydrogens (primary N) is 1. The molecule has 0 bridgehead atoms. The third-order valence-electron chi connectivity index (χ3n) is 2.38. The molecule has 0 fully saturated rings. The van der Waals surface area contributed by atoms with Gasteiger partial charge in [0.1, 0.15) is 5.82 Å². The number of nitrogen functional groups attached to an aromatic ring is 1. The fourth-order valence-electron chi connectivity index (χ4n) is 1.37. The molecule has 0 saturated heterocycles. The number of pyridine rings is 1. The number of likely N-dealkylation sites (N-methyl/N-ethyl adjacent to an activating group) is 1. The Morgan fingerprint density at radius 2 is 2.20 bits per heavy atom. The summed E-state index contributed by atoms with van der Waals surface area (Å²) in [5.74, 6) is 0.959. The zero-order valence-corrected chi connectivity index (χ0v) is 9.66. The van der Waals surface area contributed by atoms with Gasteiger partial charge in [-0.05, 0) is 26.0 Å². The first kappa shape index (κ1) is 11.8. The first-order valence-electron chi connectivity index (χ1n) is 5.16. The molecule has 0 aliphatic carbocycles. The molecule has 0 spiro atoms. The van der Waals surface area contributed by atoms with E-state index in [9.17, 15) is 0 Å². The molecule has 84 valence electrons. The van der Waals surface area contributed by atoms with Gasteiger partial charge < -0.3 is 15.4 Å². The Balaban J connectivity index is 2.78. The van der Waals surface area contributed by atoms with Crippen molar-refractivity contribution in [1.82, 2.24) is 4.98 Å². The van der Waals surface area contributed by atoms with Crippen LogP contribution in [0.25, 0.3) is 0 Å². The van der Waals surface area contributed by atoms with Crippen LogP contribution in [0.2, 0.25) is 0 Å². The molecule has 4 heteroatoms. The van der Waals surface area contributed by atoms with E-state index in [1.807, 2.05) is 19.1 Å². The smallest absolute Gasteiger partial charge is 0.129 e. The second-order valence-corrected chi connectivity index (χ2v) is 3.42. The van der Waals surface area contributed by atoms with Crippen LogP contribution in [0.1, 0.15) is 12.6 Å². The van der Waals surface area contributed by atoms with E-state index in [0.29, 0.717) is 6.61 Å². The van der Waals surface area contributed by atoms with Gasteiger partial charge >= 0.3 is 0 Å². The molecule has 1 rings (SSSR count). The molecule has 15 heavy (non-hydrogen) atoms. The van der Waals surface area contributed by atoms with E-state index in [-0.39, 0.29) is 0 Å². The molecule has 4 nitrogen and oxygen atoms in total. The summed E-state index contributed by atoms with van der Waals surface area (Å²) in [7, 11) is 1.70. The summed E-state index contributed by atoms with van der Waals surface area (Å²) in [6.07, 6.45) is 0. The number of ether oxygens (including phenoxy) is 1. The van der Waals surface area contributed by atoms with Crippen LogP contribution in [0.3, 0.4) is 0 Å². The predicted octanol–water partition coefficient (Wildman–Crippen LogP) is 1.44. The van der Waals surface area contributed by atoms with Gasteiger partial charge in [0.05, 0.1) is 18.0 Å². The number of nitrogens with zero attached hydrogens (tertiary/aromatic N) is 2. The van der Waals surface area contributed by atoms with E-state index in [1.54, 1.807) is 7.11 Å². The molecular weight excluding hydrogens is 190 g/mol. The largest absolute Gasteiger partial charge is 0.397 e. The van der Waals surface area contributed by atoms with Crippen LogP contribution in [0.15, 0.2) is 12.1 Å². The summed E-state index contributed by atoms with van der Waals surface area (Å²) in [6.45, 7) is 6.49. The van der Waals surface area contributed by atoms with E-state index in [4.69, 9.17) is 10.5 Å². The fourth-order valence-corrected chi connectivity index (χ4v) is 1.37. The average molecular weight is 209 g/mol. The van der Waals surface area contributed by atoms with Crippen molar-refractivity contribution in [1.29, 1.82) is 0 Å². The van der Waals surface area contributed by atoms with Crippen molar-refractivity contribution in [2.24, 2.45) is 0 Å². The highest BCUT2D eigenvalue weighted by Crippen LogP contribution is 2.15. The SMILES string of the molecule is CCN(CCOC)c1ccc(N)c(C)n1. The van der Waals surface area contributed by atoms with E-state index < -0.39 is 0 Å². The zero-order chi connectivity index (χ0) is 11.3. The lowest BCUT2D eigenvalue weighted by molar-refractivity contribution is 0.205. The van der Waals surface area contributed by atoms with Crippen molar-refractivity contribution in [3.63, 3.8) is 0 Å². The quantitative estimate of drug-likeness (QED) is 0.797. The summed E-state index contributed by atoms with van der Waals surface area (Å²) < 4.78 is 5.06. The maximum Gasteiger partial charge on any atom is 0.129 e. The monoisotopic (exact) mass is 209 g/mol. The van der Waals surface area contributed by atoms with Crippen LogP contribution in [-0.2, 0) is 4.74 Å². The van der Waals surface area contributed by atoms with Crippen LogP contribution in [0.4, 0.5) is 11.5 Å². The highest BCUT2D eigenvalue weighted by Gasteiger charge is 2.06. The highest BCUT2D eigenvalue weighted by molar-refractivity contribution is 5.50. The Kier molecular flexibility index (Phi) is 4.37. The lowest BCUT2D eigenvalue weighted by atomic mass is 10.3. The van der Waals surface area contributed by atoms with E-state index in [1.165, 1.54) is 0 Å². The molecule has 1 heterocycles. The minimum Gasteiger partial charge on any atom is -0.397 e. The van der Waals surface area contributed by atoms with Crippen LogP contribution in [0.5, 0.6) is 0 Å². The van der Waals surface area contributed by atoms with Gasteiger partial charge in [0.25, 0.3) is 0 Å². The molecule has 1 aromatic rings. The summed E-state index contributed by atoms with van der Waals surface area (Å²) in [5, 5.41) is 0. The maximum absolute atomic E-state index is 5.72. The van der Waals surface area contributed by atoms with Crippen molar-refractivity contribution in [2.45, 2.75) is 13.8 Å². The van der Waals surface area contributed by atoms with Crippen LogP contribution < -0.4 is 10.6 Å². The lowest BCUT2D eigenvalue weighted by Gasteiger charge is -2.22. The molecule has 1 aromatic heterocycles. The van der Waals surface area contributed by atoms with Gasteiger partial charge in [0, 0.05) is 20.2 Å². The lowest BCUT2D eigenvalue weighted by Crippen LogP contribution is -2.27. The number of methoxy groups -OCH3 is 1. The van der Waals surface area contributed by atoms with Crippen molar-refractivity contribution in [3.05, 3.63) is 17.8 Å². The number of hydrogen-bond donors (Lipinski definition) is 1. The van der Waals surface area contributed by atoms with Crippen molar-refractivity contribution in [2.75, 3.05) is 37.4 Å². The molecule has 0 aliphatic rings. The van der Waals surface area contributed by atoms with Crippen molar-refractivity contribution >= 4 is 11.5 Å². The summed E-state index contributed by atoms with van der Waals surface area (Å²) in [5.41, 5.74) is 7.34. The van der Waals surface area contributed by atoms with E-state index in [2.05, 4.69) is 16.8 Å². The Bertz CT molecular complexity index is 315. The van der Waals surface area contributed by atoms with Crippen LogP contribution in [0, 0.1) is 6.92 Å². The standard InChI is InChI=1S/C11H19N3O/c1-4-14(7-8-15-3)11-6-5-10(12)9(2)13-11/h5-6H,4,7-8,12H2,1-3H3. The molecule has 0 unspecified atom stereocenters. The second kappa shape index (κ2) is 5.56. The average Bonchev–Trinajstić information content (AvgIpc) is 2.24. The van der Waals surface area contributed by atoms with E-state index >= 15 is 0 Å². The Morgan fingerprint density at radius 1 is 1.47 bits per heavy atom. The van der Waals surface area contributed by atoms with Gasteiger partial charge in [-0.15, -0.1) is 0 Å². The number of rotatable bonds is 5. The van der Waals surface area contributed by atoms with Gasteiger partial charge in [-0.3, -0.25) is 0 Å². The topological polar surface area (TPSA) is 51.4 Å². The van der Waals surface area contributed by atoms with Crippen LogP contribution >= 0.6 is 0 Å². The third kappa shape index (κ3) is 3.09. The molecule has 0 aliphatic heterocycles. The minimum absolute atomic E-state index is 0.707. The van der Waals surface area contributed by atoms with Crippen LogP contribution in [-0.4, -0.2) is 31.8 Å². The van der Waals surface area contributed by atoms with Crippen molar-refractivity contribution in [3.8, 4) is 0 Å². The maximum atomic E-state index is 5.72. The van der Waals surface area contributed by atoms with Gasteiger partial charge in [0.2, 0.25) is 0 Å². The molecule has 0 atom stereocenters. The number of aromatic nitrogens is 1. The summed E-state index contributed by atoms with van der Waals surface area (Å²) >= 11 is 0. The highest BCUT2D eigenvalue weighted by atomic mass is 16.5. The predicted molar refractivity (Wildman–Crippen MR) is 63.1 cm³/mol. The Morgan fingerprint density at radius 3 is 2.73 bits per heavy atom. The van der Waals surface area contributed by atoms with Gasteiger partial charge in [-0.25, -0.2) is 4.98 Å². The van der Waals surface area contributed by atoms with Crippen molar-refractivity contribution < 1.29 is 4.74 Å². The zero-order valence-electron chi connectivity index (χ0n) is 9.66. The van der Waals surface area contributed by atoms with Gasteiger partial charge in [0.15, 0.2) is 0 Å². The molecule has 0 aromatic carbocycles. The molecule has 0 saturated carbocycles. The third-order valence-corrected chi connectivity index (χ3v) is 2.38. The Hall–Kier alpha value is -1.29. The fraction of sp³-hybridized carbons (Fsp3) is 0.545. The summed E-state index contributed by atoms with van der Waals surface area (Å²) in [6, 6.07) is 3.84. The van der Waals surface area contributed by atoms with Gasteiger partial charge in [-0.1, -0.05) is 0 Å². The number of aryl methyl sites for hydroxylation is 1. The first-order chi connectivity index (χ1) is 7.19. The van der Waals surface area contributed by atoms with E-state index in [0.717, 1.165) is 30.3 Å². The molecule has 0 radical (unpaired) electrons. The summed E-state index contributed by atoms with van der Waals surface area (Å²) in [4.78, 5) is 6.60. The molecule has 2 N–H and O–H groups in total. The number of anilines is 2. The first-order valence-corrected chi connectivity index (χ1v) is 5.16. The normalized spacial score (nSPS) is 10.3. The number of hydrogen-bond acceptors (Lipinski definition) is 4. The second-order valence-electron chi connectivity index (χ2n) is 3.42. The Labute approximate surface area is 91.1 Å².